The largest absolute Gasteiger partial charge is 0.322 e. The van der Waals surface area contributed by atoms with Gasteiger partial charge in [-0.25, -0.2) is 13.2 Å². The predicted molar refractivity (Wildman–Crippen MR) is 107 cm³/mol. The van der Waals surface area contributed by atoms with Crippen molar-refractivity contribution in [3.8, 4) is 0 Å². The third kappa shape index (κ3) is 4.43. The van der Waals surface area contributed by atoms with Gasteiger partial charge in [0.05, 0.1) is 4.90 Å². The first-order valence-electron chi connectivity index (χ1n) is 8.66. The molecule has 144 valence electrons. The van der Waals surface area contributed by atoms with Gasteiger partial charge >= 0.3 is 6.03 Å². The van der Waals surface area contributed by atoms with Gasteiger partial charge in [0.25, 0.3) is 0 Å². The lowest BCUT2D eigenvalue weighted by Crippen LogP contribution is -2.51. The van der Waals surface area contributed by atoms with Gasteiger partial charge in [-0.2, -0.15) is 4.31 Å². The number of hydrogen-bond donors (Lipinski definition) is 1. The zero-order chi connectivity index (χ0) is 19.6. The molecule has 0 radical (unpaired) electrons. The number of anilines is 1. The van der Waals surface area contributed by atoms with Crippen LogP contribution in [0.25, 0.3) is 0 Å². The number of hydrogen-bond acceptors (Lipinski definition) is 3. The number of nitrogens with one attached hydrogen (secondary N) is 1. The molecule has 0 aliphatic carbocycles. The van der Waals surface area contributed by atoms with Crippen molar-refractivity contribution in [2.75, 3.05) is 31.5 Å². The van der Waals surface area contributed by atoms with Crippen LogP contribution in [0.3, 0.4) is 0 Å². The van der Waals surface area contributed by atoms with Crippen molar-refractivity contribution in [2.45, 2.75) is 18.7 Å². The van der Waals surface area contributed by atoms with E-state index in [9.17, 15) is 13.2 Å². The van der Waals surface area contributed by atoms with Crippen LogP contribution in [0.1, 0.15) is 11.1 Å². The molecule has 1 aliphatic heterocycles. The van der Waals surface area contributed by atoms with Crippen molar-refractivity contribution >= 4 is 33.3 Å². The molecule has 0 unspecified atom stereocenters. The molecule has 1 fully saturated rings. The van der Waals surface area contributed by atoms with Gasteiger partial charge in [-0.1, -0.05) is 35.4 Å². The summed E-state index contributed by atoms with van der Waals surface area (Å²) in [5.74, 6) is 0. The summed E-state index contributed by atoms with van der Waals surface area (Å²) < 4.78 is 27.3. The summed E-state index contributed by atoms with van der Waals surface area (Å²) in [6.45, 7) is 4.92. The Bertz CT molecular complexity index is 954. The number of sulfonamides is 1. The Hall–Kier alpha value is -2.09. The van der Waals surface area contributed by atoms with Crippen LogP contribution in [0.5, 0.6) is 0 Å². The zero-order valence-corrected chi connectivity index (χ0v) is 16.8. The molecule has 1 aliphatic rings. The van der Waals surface area contributed by atoms with E-state index in [2.05, 4.69) is 5.32 Å². The van der Waals surface area contributed by atoms with Crippen molar-refractivity contribution < 1.29 is 13.2 Å². The molecule has 1 heterocycles. The minimum absolute atomic E-state index is 0.263. The summed E-state index contributed by atoms with van der Waals surface area (Å²) in [5.41, 5.74) is 2.36. The normalized spacial score (nSPS) is 15.6. The zero-order valence-electron chi connectivity index (χ0n) is 15.3. The summed E-state index contributed by atoms with van der Waals surface area (Å²) in [4.78, 5) is 14.3. The van der Waals surface area contributed by atoms with E-state index in [0.29, 0.717) is 28.7 Å². The van der Waals surface area contributed by atoms with Gasteiger partial charge in [0.15, 0.2) is 0 Å². The minimum atomic E-state index is -3.57. The fraction of sp³-hybridized carbons (Fsp3) is 0.316. The number of halogens is 1. The van der Waals surface area contributed by atoms with Crippen LogP contribution in [0.2, 0.25) is 5.02 Å². The lowest BCUT2D eigenvalue weighted by atomic mass is 10.2. The molecule has 0 atom stereocenters. The summed E-state index contributed by atoms with van der Waals surface area (Å²) in [6, 6.07) is 12.0. The molecule has 2 aromatic rings. The topological polar surface area (TPSA) is 69.7 Å². The van der Waals surface area contributed by atoms with Crippen LogP contribution in [0.4, 0.5) is 10.5 Å². The van der Waals surface area contributed by atoms with E-state index in [-0.39, 0.29) is 19.1 Å². The van der Waals surface area contributed by atoms with E-state index in [1.165, 1.54) is 4.31 Å². The van der Waals surface area contributed by atoms with Crippen LogP contribution in [-0.2, 0) is 10.0 Å². The molecule has 8 heteroatoms. The molecule has 6 nitrogen and oxygen atoms in total. The highest BCUT2D eigenvalue weighted by Gasteiger charge is 2.31. The summed E-state index contributed by atoms with van der Waals surface area (Å²) in [5, 5.41) is 3.33. The molecule has 2 amide bonds. The molecule has 0 bridgehead atoms. The maximum atomic E-state index is 12.9. The molecule has 3 rings (SSSR count). The standard InChI is InChI=1S/C19H22ClN3O3S/c1-14-6-7-18(15(2)12-14)27(25,26)23-10-8-22(9-11-23)19(24)21-17-5-3-4-16(20)13-17/h3-7,12-13H,8-11H2,1-2H3,(H,21,24). The lowest BCUT2D eigenvalue weighted by Gasteiger charge is -2.34. The average Bonchev–Trinajstić information content (AvgIpc) is 2.61. The molecule has 0 aromatic heterocycles. The van der Waals surface area contributed by atoms with E-state index in [1.807, 2.05) is 13.0 Å². The second-order valence-electron chi connectivity index (χ2n) is 6.60. The van der Waals surface area contributed by atoms with Gasteiger partial charge in [-0.05, 0) is 43.7 Å². The van der Waals surface area contributed by atoms with Gasteiger partial charge in [0, 0.05) is 36.9 Å². The van der Waals surface area contributed by atoms with Crippen molar-refractivity contribution in [1.29, 1.82) is 0 Å². The summed E-state index contributed by atoms with van der Waals surface area (Å²) in [6.07, 6.45) is 0. The second kappa shape index (κ2) is 7.88. The Morgan fingerprint density at radius 1 is 1.04 bits per heavy atom. The quantitative estimate of drug-likeness (QED) is 0.846. The minimum Gasteiger partial charge on any atom is -0.322 e. The number of benzene rings is 2. The molecule has 2 aromatic carbocycles. The molecule has 1 saturated heterocycles. The molecular formula is C19H22ClN3O3S. The first kappa shape index (κ1) is 19.7. The first-order chi connectivity index (χ1) is 12.8. The van der Waals surface area contributed by atoms with Gasteiger partial charge in [-0.3, -0.25) is 0 Å². The summed E-state index contributed by atoms with van der Waals surface area (Å²) >= 11 is 5.93. The number of carbonyl (C=O) groups excluding carboxylic acids is 1. The van der Waals surface area contributed by atoms with Gasteiger partial charge in [0.1, 0.15) is 0 Å². The van der Waals surface area contributed by atoms with Crippen molar-refractivity contribution in [2.24, 2.45) is 0 Å². The smallest absolute Gasteiger partial charge is 0.321 e. The summed E-state index contributed by atoms with van der Waals surface area (Å²) in [7, 11) is -3.57. The fourth-order valence-corrected chi connectivity index (χ4v) is 4.95. The highest BCUT2D eigenvalue weighted by atomic mass is 35.5. The lowest BCUT2D eigenvalue weighted by molar-refractivity contribution is 0.184. The number of amides is 2. The number of rotatable bonds is 3. The number of piperazine rings is 1. The number of aryl methyl sites for hydroxylation is 2. The van der Waals surface area contributed by atoms with E-state index in [0.717, 1.165) is 11.1 Å². The molecule has 0 saturated carbocycles. The second-order valence-corrected chi connectivity index (χ2v) is 8.94. The molecule has 27 heavy (non-hydrogen) atoms. The number of nitrogens with zero attached hydrogens (tertiary/aromatic N) is 2. The van der Waals surface area contributed by atoms with Crippen molar-refractivity contribution in [3.63, 3.8) is 0 Å². The third-order valence-electron chi connectivity index (χ3n) is 4.55. The average molecular weight is 408 g/mol. The number of urea groups is 1. The van der Waals surface area contributed by atoms with Crippen LogP contribution in [0.15, 0.2) is 47.4 Å². The van der Waals surface area contributed by atoms with Crippen LogP contribution < -0.4 is 5.32 Å². The molecular weight excluding hydrogens is 386 g/mol. The van der Waals surface area contributed by atoms with E-state index >= 15 is 0 Å². The number of carbonyl (C=O) groups is 1. The maximum absolute atomic E-state index is 12.9. The highest BCUT2D eigenvalue weighted by molar-refractivity contribution is 7.89. The SMILES string of the molecule is Cc1ccc(S(=O)(=O)N2CCN(C(=O)Nc3cccc(Cl)c3)CC2)c(C)c1. The van der Waals surface area contributed by atoms with Gasteiger partial charge in [0.2, 0.25) is 10.0 Å². The van der Waals surface area contributed by atoms with E-state index in [4.69, 9.17) is 11.6 Å². The maximum Gasteiger partial charge on any atom is 0.321 e. The highest BCUT2D eigenvalue weighted by Crippen LogP contribution is 2.22. The van der Waals surface area contributed by atoms with Crippen molar-refractivity contribution in [1.82, 2.24) is 9.21 Å². The van der Waals surface area contributed by atoms with Gasteiger partial charge in [-0.15, -0.1) is 0 Å². The Balaban J connectivity index is 1.65. The Morgan fingerprint density at radius 3 is 2.37 bits per heavy atom. The monoisotopic (exact) mass is 407 g/mol. The predicted octanol–water partition coefficient (Wildman–Crippen LogP) is 3.50. The Labute approximate surface area is 164 Å². The molecule has 0 spiro atoms. The van der Waals surface area contributed by atoms with E-state index in [1.54, 1.807) is 48.2 Å². The fourth-order valence-electron chi connectivity index (χ4n) is 3.13. The van der Waals surface area contributed by atoms with Crippen LogP contribution in [0, 0.1) is 13.8 Å². The Kier molecular flexibility index (Phi) is 5.74. The van der Waals surface area contributed by atoms with Crippen LogP contribution in [-0.4, -0.2) is 49.8 Å². The van der Waals surface area contributed by atoms with Crippen LogP contribution >= 0.6 is 11.6 Å². The van der Waals surface area contributed by atoms with E-state index < -0.39 is 10.0 Å². The van der Waals surface area contributed by atoms with Gasteiger partial charge < -0.3 is 10.2 Å². The first-order valence-corrected chi connectivity index (χ1v) is 10.5. The van der Waals surface area contributed by atoms with Crippen molar-refractivity contribution in [3.05, 3.63) is 58.6 Å². The molecule has 1 N–H and O–H groups in total. The Morgan fingerprint density at radius 2 is 1.74 bits per heavy atom. The third-order valence-corrected chi connectivity index (χ3v) is 6.84.